The fourth-order valence-electron chi connectivity index (χ4n) is 5.48. The Morgan fingerprint density at radius 2 is 1.51 bits per heavy atom. The van der Waals surface area contributed by atoms with Crippen LogP contribution in [-0.4, -0.2) is 30.3 Å². The number of rotatable bonds is 13. The van der Waals surface area contributed by atoms with Crippen molar-refractivity contribution in [3.05, 3.63) is 178 Å². The first-order valence-electron chi connectivity index (χ1n) is 17.0. The maximum Gasteiger partial charge on any atom is 0.341 e. The molecule has 276 valence electrons. The van der Waals surface area contributed by atoms with Crippen molar-refractivity contribution in [3.8, 4) is 11.1 Å². The van der Waals surface area contributed by atoms with E-state index in [0.29, 0.717) is 26.7 Å². The lowest BCUT2D eigenvalue weighted by Crippen LogP contribution is -2.30. The largest absolute Gasteiger partial charge is 0.462 e. The third-order valence-electron chi connectivity index (χ3n) is 8.10. The molecule has 0 aliphatic heterocycles. The Morgan fingerprint density at radius 3 is 2.20 bits per heavy atom. The van der Waals surface area contributed by atoms with E-state index >= 15 is 0 Å². The summed E-state index contributed by atoms with van der Waals surface area (Å²) in [4.78, 5) is 54.9. The minimum absolute atomic E-state index is 0.0519. The third kappa shape index (κ3) is 9.76. The number of carbonyl (C=O) groups excluding carboxylic acids is 4. The first-order valence-corrected chi connectivity index (χ1v) is 19.2. The first kappa shape index (κ1) is 38.7. The highest BCUT2D eigenvalue weighted by molar-refractivity contribution is 8.00. The third-order valence-corrected chi connectivity index (χ3v) is 10.6. The maximum absolute atomic E-state index is 14.8. The fraction of sp³-hybridized carbons (Fsp3) is 0.0698. The predicted molar refractivity (Wildman–Crippen MR) is 218 cm³/mol. The van der Waals surface area contributed by atoms with Gasteiger partial charge in [-0.3, -0.25) is 14.4 Å². The van der Waals surface area contributed by atoms with E-state index in [9.17, 15) is 23.6 Å². The summed E-state index contributed by atoms with van der Waals surface area (Å²) in [6.07, 6.45) is 1.18. The highest BCUT2D eigenvalue weighted by Gasteiger charge is 2.28. The molecule has 3 N–H and O–H groups in total. The Kier molecular flexibility index (Phi) is 12.9. The molecule has 0 fully saturated rings. The molecule has 0 saturated heterocycles. The topological polar surface area (TPSA) is 114 Å². The minimum atomic E-state index is -0.784. The van der Waals surface area contributed by atoms with E-state index < -0.39 is 28.9 Å². The van der Waals surface area contributed by atoms with Gasteiger partial charge in [0.15, 0.2) is 0 Å². The van der Waals surface area contributed by atoms with Crippen LogP contribution in [-0.2, 0) is 14.3 Å². The quantitative estimate of drug-likeness (QED) is 0.0610. The minimum Gasteiger partial charge on any atom is -0.462 e. The lowest BCUT2D eigenvalue weighted by Gasteiger charge is -2.18. The van der Waals surface area contributed by atoms with Crippen molar-refractivity contribution in [2.75, 3.05) is 17.2 Å². The second-order valence-corrected chi connectivity index (χ2v) is 14.3. The molecule has 0 spiro atoms. The van der Waals surface area contributed by atoms with Crippen LogP contribution in [0, 0.1) is 5.82 Å². The van der Waals surface area contributed by atoms with Crippen LogP contribution in [0.1, 0.15) is 44.0 Å². The number of hydrogen-bond acceptors (Lipinski definition) is 7. The van der Waals surface area contributed by atoms with Gasteiger partial charge in [-0.25, -0.2) is 9.18 Å². The van der Waals surface area contributed by atoms with Gasteiger partial charge in [-0.05, 0) is 66.6 Å². The molecule has 1 atom stereocenters. The molecular formula is C43H33ClFN3O5S2. The van der Waals surface area contributed by atoms with Gasteiger partial charge in [0, 0.05) is 32.7 Å². The number of hydrogen-bond donors (Lipinski definition) is 3. The molecule has 0 bridgehead atoms. The van der Waals surface area contributed by atoms with Crippen LogP contribution >= 0.6 is 34.7 Å². The Balaban J connectivity index is 1.27. The Bertz CT molecular complexity index is 2330. The zero-order chi connectivity index (χ0) is 38.7. The van der Waals surface area contributed by atoms with E-state index in [4.69, 9.17) is 16.3 Å². The van der Waals surface area contributed by atoms with Crippen LogP contribution in [0.5, 0.6) is 0 Å². The van der Waals surface area contributed by atoms with Gasteiger partial charge in [-0.1, -0.05) is 103 Å². The maximum atomic E-state index is 14.8. The smallest absolute Gasteiger partial charge is 0.341 e. The number of benzene rings is 5. The second-order valence-electron chi connectivity index (χ2n) is 11.8. The average molecular weight is 790 g/mol. The number of halogens is 2. The molecule has 1 unspecified atom stereocenters. The summed E-state index contributed by atoms with van der Waals surface area (Å²) in [6, 6.07) is 37.8. The van der Waals surface area contributed by atoms with Crippen molar-refractivity contribution in [1.82, 2.24) is 5.32 Å². The number of thiophene rings is 1. The summed E-state index contributed by atoms with van der Waals surface area (Å²) in [7, 11) is 0. The van der Waals surface area contributed by atoms with Crippen molar-refractivity contribution in [3.63, 3.8) is 0 Å². The molecule has 1 heterocycles. The number of nitrogens with one attached hydrogen (secondary N) is 3. The summed E-state index contributed by atoms with van der Waals surface area (Å²) in [6.45, 7) is 1.89. The molecular weight excluding hydrogens is 757 g/mol. The predicted octanol–water partition coefficient (Wildman–Crippen LogP) is 10.3. The van der Waals surface area contributed by atoms with Gasteiger partial charge in [-0.15, -0.1) is 23.1 Å². The van der Waals surface area contributed by atoms with E-state index in [0.717, 1.165) is 5.56 Å². The van der Waals surface area contributed by atoms with Crippen molar-refractivity contribution in [1.29, 1.82) is 0 Å². The molecule has 8 nitrogen and oxygen atoms in total. The molecule has 0 aliphatic carbocycles. The van der Waals surface area contributed by atoms with Crippen molar-refractivity contribution in [2.24, 2.45) is 0 Å². The molecule has 6 rings (SSSR count). The molecule has 0 saturated carbocycles. The zero-order valence-corrected chi connectivity index (χ0v) is 31.6. The van der Waals surface area contributed by atoms with Gasteiger partial charge in [0.05, 0.1) is 11.6 Å². The van der Waals surface area contributed by atoms with Crippen molar-refractivity contribution in [2.45, 2.75) is 17.1 Å². The number of thioether (sulfide) groups is 1. The van der Waals surface area contributed by atoms with E-state index in [1.165, 1.54) is 47.4 Å². The van der Waals surface area contributed by atoms with Crippen LogP contribution in [0.15, 0.2) is 149 Å². The lowest BCUT2D eigenvalue weighted by atomic mass is 10.0. The average Bonchev–Trinajstić information content (AvgIpc) is 3.62. The van der Waals surface area contributed by atoms with Gasteiger partial charge in [0.2, 0.25) is 5.91 Å². The number of carbonyl (C=O) groups is 4. The van der Waals surface area contributed by atoms with Gasteiger partial charge < -0.3 is 20.7 Å². The Morgan fingerprint density at radius 1 is 0.836 bits per heavy atom. The van der Waals surface area contributed by atoms with Crippen LogP contribution in [0.4, 0.5) is 15.1 Å². The van der Waals surface area contributed by atoms with E-state index in [1.54, 1.807) is 61.5 Å². The molecule has 6 aromatic rings. The van der Waals surface area contributed by atoms with Crippen LogP contribution in [0.2, 0.25) is 5.02 Å². The normalized spacial score (nSPS) is 11.7. The lowest BCUT2D eigenvalue weighted by molar-refractivity contribution is -0.116. The molecule has 0 radical (unpaired) electrons. The molecule has 3 amide bonds. The van der Waals surface area contributed by atoms with Crippen LogP contribution in [0.3, 0.4) is 0 Å². The van der Waals surface area contributed by atoms with E-state index in [-0.39, 0.29) is 39.9 Å². The summed E-state index contributed by atoms with van der Waals surface area (Å²) in [5, 5.41) is 9.80. The molecule has 12 heteroatoms. The Labute approximate surface area is 330 Å². The molecule has 1 aromatic heterocycles. The number of ether oxygens (including phenoxy) is 1. The van der Waals surface area contributed by atoms with Gasteiger partial charge in [0.1, 0.15) is 27.3 Å². The standard InChI is InChI=1S/C43H33ClFN3O5S2/c1-2-53-43(52)37-33(27-14-6-3-7-15-27)26-54-42(37)48-41(51)38(28-16-8-4-9-17-28)55-31-21-12-20-30(24-31)46-40(50)36(25-32-34(44)22-13-23-35(32)45)47-39(49)29-18-10-5-11-19-29/h3-26,38H,2H2,1H3,(H,46,50)(H,47,49)(H,48,51)/b36-25+. The van der Waals surface area contributed by atoms with Crippen LogP contribution in [0.25, 0.3) is 17.2 Å². The number of amides is 3. The van der Waals surface area contributed by atoms with Gasteiger partial charge >= 0.3 is 5.97 Å². The first-order chi connectivity index (χ1) is 26.7. The summed E-state index contributed by atoms with van der Waals surface area (Å²) in [5.41, 5.74) is 2.75. The van der Waals surface area contributed by atoms with E-state index in [2.05, 4.69) is 16.0 Å². The highest BCUT2D eigenvalue weighted by atomic mass is 35.5. The molecule has 55 heavy (non-hydrogen) atoms. The van der Waals surface area contributed by atoms with Gasteiger partial charge in [-0.2, -0.15) is 0 Å². The second kappa shape index (κ2) is 18.4. The summed E-state index contributed by atoms with van der Waals surface area (Å²) in [5.74, 6) is -2.92. The van der Waals surface area contributed by atoms with E-state index in [1.807, 2.05) is 66.0 Å². The fourth-order valence-corrected chi connectivity index (χ4v) is 7.74. The van der Waals surface area contributed by atoms with Crippen molar-refractivity contribution >= 4 is 75.2 Å². The Hall–Kier alpha value is -6.01. The number of esters is 1. The SMILES string of the molecule is CCOC(=O)c1c(-c2ccccc2)csc1NC(=O)C(Sc1cccc(NC(=O)/C(=C\c2c(F)cccc2Cl)NC(=O)c2ccccc2)c1)c1ccccc1. The summed E-state index contributed by atoms with van der Waals surface area (Å²) < 4.78 is 20.2. The number of anilines is 2. The zero-order valence-electron chi connectivity index (χ0n) is 29.3. The molecule has 5 aromatic carbocycles. The van der Waals surface area contributed by atoms with Crippen LogP contribution < -0.4 is 16.0 Å². The highest BCUT2D eigenvalue weighted by Crippen LogP contribution is 2.40. The van der Waals surface area contributed by atoms with Crippen molar-refractivity contribution < 1.29 is 28.3 Å². The summed E-state index contributed by atoms with van der Waals surface area (Å²) >= 11 is 8.74. The molecule has 0 aliphatic rings. The van der Waals surface area contributed by atoms with Gasteiger partial charge in [0.25, 0.3) is 11.8 Å². The monoisotopic (exact) mass is 789 g/mol.